The van der Waals surface area contributed by atoms with E-state index in [9.17, 15) is 4.79 Å². The van der Waals surface area contributed by atoms with Gasteiger partial charge in [0.15, 0.2) is 0 Å². The second kappa shape index (κ2) is 6.61. The molecule has 1 rings (SSSR count). The van der Waals surface area contributed by atoms with Crippen LogP contribution in [0, 0.1) is 6.92 Å². The lowest BCUT2D eigenvalue weighted by Gasteiger charge is -2.10. The summed E-state index contributed by atoms with van der Waals surface area (Å²) in [6.07, 6.45) is 0. The molecule has 0 heterocycles. The zero-order valence-electron chi connectivity index (χ0n) is 10.0. The first kappa shape index (κ1) is 14.0. The third-order valence-corrected chi connectivity index (χ3v) is 2.85. The lowest BCUT2D eigenvalue weighted by atomic mass is 10.1. The van der Waals surface area contributed by atoms with Gasteiger partial charge in [-0.25, -0.2) is 0 Å². The van der Waals surface area contributed by atoms with Gasteiger partial charge < -0.3 is 15.8 Å². The van der Waals surface area contributed by atoms with Crippen LogP contribution in [0.3, 0.4) is 0 Å². The second-order valence-corrected chi connectivity index (χ2v) is 4.54. The zero-order chi connectivity index (χ0) is 12.8. The summed E-state index contributed by atoms with van der Waals surface area (Å²) in [4.78, 5) is 11.9. The normalized spacial score (nSPS) is 10.3. The summed E-state index contributed by atoms with van der Waals surface area (Å²) in [6, 6.07) is 3.55. The Bertz CT molecular complexity index is 408. The fourth-order valence-corrected chi connectivity index (χ4v) is 1.89. The summed E-state index contributed by atoms with van der Waals surface area (Å²) in [5.41, 5.74) is 7.79. The quantitative estimate of drug-likeness (QED) is 0.646. The molecular formula is C12H17BrN2O2. The predicted molar refractivity (Wildman–Crippen MR) is 72.1 cm³/mol. The van der Waals surface area contributed by atoms with Crippen molar-refractivity contribution in [2.24, 2.45) is 0 Å². The molecule has 1 aromatic rings. The second-order valence-electron chi connectivity index (χ2n) is 3.62. The van der Waals surface area contributed by atoms with Crippen molar-refractivity contribution < 1.29 is 9.53 Å². The standard InChI is InChI=1S/C12H17BrN2O2/c1-3-17-5-4-15-12(16)10-6-9(13)7-11(14)8(10)2/h6-7H,3-5,14H2,1-2H3,(H,15,16). The number of hydrogen-bond donors (Lipinski definition) is 2. The van der Waals surface area contributed by atoms with E-state index in [1.807, 2.05) is 13.8 Å². The third kappa shape index (κ3) is 4.02. The Morgan fingerprint density at radius 2 is 2.24 bits per heavy atom. The van der Waals surface area contributed by atoms with Crippen molar-refractivity contribution in [1.29, 1.82) is 0 Å². The van der Waals surface area contributed by atoms with Gasteiger partial charge in [-0.1, -0.05) is 15.9 Å². The zero-order valence-corrected chi connectivity index (χ0v) is 11.6. The third-order valence-electron chi connectivity index (χ3n) is 2.39. The van der Waals surface area contributed by atoms with E-state index < -0.39 is 0 Å². The highest BCUT2D eigenvalue weighted by atomic mass is 79.9. The van der Waals surface area contributed by atoms with Gasteiger partial charge in [-0.3, -0.25) is 4.79 Å². The van der Waals surface area contributed by atoms with Crippen molar-refractivity contribution in [2.75, 3.05) is 25.5 Å². The Morgan fingerprint density at radius 1 is 1.53 bits per heavy atom. The van der Waals surface area contributed by atoms with Crippen LogP contribution in [0.4, 0.5) is 5.69 Å². The molecular weight excluding hydrogens is 284 g/mol. The Hall–Kier alpha value is -1.07. The van der Waals surface area contributed by atoms with Crippen molar-refractivity contribution in [2.45, 2.75) is 13.8 Å². The van der Waals surface area contributed by atoms with Crippen molar-refractivity contribution in [3.05, 3.63) is 27.7 Å². The molecule has 1 amide bonds. The van der Waals surface area contributed by atoms with Gasteiger partial charge in [0, 0.05) is 28.9 Å². The Kier molecular flexibility index (Phi) is 5.44. The Balaban J connectivity index is 2.69. The van der Waals surface area contributed by atoms with Gasteiger partial charge in [-0.2, -0.15) is 0 Å². The summed E-state index contributed by atoms with van der Waals surface area (Å²) in [7, 11) is 0. The van der Waals surface area contributed by atoms with E-state index >= 15 is 0 Å². The average molecular weight is 301 g/mol. The van der Waals surface area contributed by atoms with Crippen LogP contribution in [-0.4, -0.2) is 25.7 Å². The summed E-state index contributed by atoms with van der Waals surface area (Å²) >= 11 is 3.32. The molecule has 0 saturated carbocycles. The van der Waals surface area contributed by atoms with Gasteiger partial charge in [-0.05, 0) is 31.5 Å². The first-order valence-corrected chi connectivity index (χ1v) is 6.27. The van der Waals surface area contributed by atoms with Gasteiger partial charge in [0.1, 0.15) is 0 Å². The number of nitrogens with one attached hydrogen (secondary N) is 1. The van der Waals surface area contributed by atoms with Gasteiger partial charge in [-0.15, -0.1) is 0 Å². The molecule has 0 atom stereocenters. The number of nitrogen functional groups attached to an aromatic ring is 1. The number of anilines is 1. The van der Waals surface area contributed by atoms with E-state index in [2.05, 4.69) is 21.2 Å². The van der Waals surface area contributed by atoms with Crippen molar-refractivity contribution in [3.63, 3.8) is 0 Å². The van der Waals surface area contributed by atoms with Gasteiger partial charge >= 0.3 is 0 Å². The van der Waals surface area contributed by atoms with Gasteiger partial charge in [0.2, 0.25) is 0 Å². The fourth-order valence-electron chi connectivity index (χ4n) is 1.41. The minimum atomic E-state index is -0.129. The monoisotopic (exact) mass is 300 g/mol. The Morgan fingerprint density at radius 3 is 2.88 bits per heavy atom. The lowest BCUT2D eigenvalue weighted by molar-refractivity contribution is 0.0922. The summed E-state index contributed by atoms with van der Waals surface area (Å²) in [6.45, 7) is 5.42. The molecule has 0 aromatic heterocycles. The first-order valence-electron chi connectivity index (χ1n) is 5.47. The first-order chi connectivity index (χ1) is 8.06. The van der Waals surface area contributed by atoms with Gasteiger partial charge in [0.25, 0.3) is 5.91 Å². The van der Waals surface area contributed by atoms with Crippen LogP contribution in [0.15, 0.2) is 16.6 Å². The summed E-state index contributed by atoms with van der Waals surface area (Å²) in [5, 5.41) is 2.79. The molecule has 5 heteroatoms. The maximum Gasteiger partial charge on any atom is 0.251 e. The number of amides is 1. The minimum Gasteiger partial charge on any atom is -0.398 e. The molecule has 17 heavy (non-hydrogen) atoms. The van der Waals surface area contributed by atoms with Crippen LogP contribution in [0.2, 0.25) is 0 Å². The smallest absolute Gasteiger partial charge is 0.251 e. The van der Waals surface area contributed by atoms with Crippen molar-refractivity contribution in [1.82, 2.24) is 5.32 Å². The van der Waals surface area contributed by atoms with Crippen molar-refractivity contribution >= 4 is 27.5 Å². The topological polar surface area (TPSA) is 64.3 Å². The molecule has 0 aliphatic carbocycles. The van der Waals surface area contributed by atoms with E-state index in [0.717, 1.165) is 10.0 Å². The number of ether oxygens (including phenoxy) is 1. The van der Waals surface area contributed by atoms with E-state index in [0.29, 0.717) is 31.0 Å². The SMILES string of the molecule is CCOCCNC(=O)c1cc(Br)cc(N)c1C. The molecule has 0 spiro atoms. The van der Waals surface area contributed by atoms with E-state index in [-0.39, 0.29) is 5.91 Å². The summed E-state index contributed by atoms with van der Waals surface area (Å²) < 4.78 is 5.95. The van der Waals surface area contributed by atoms with Crippen LogP contribution >= 0.6 is 15.9 Å². The van der Waals surface area contributed by atoms with E-state index in [4.69, 9.17) is 10.5 Å². The maximum absolute atomic E-state index is 11.9. The van der Waals surface area contributed by atoms with E-state index in [1.165, 1.54) is 0 Å². The summed E-state index contributed by atoms with van der Waals surface area (Å²) in [5.74, 6) is -0.129. The number of hydrogen-bond acceptors (Lipinski definition) is 3. The van der Waals surface area contributed by atoms with E-state index in [1.54, 1.807) is 12.1 Å². The average Bonchev–Trinajstić information content (AvgIpc) is 2.29. The maximum atomic E-state index is 11.9. The number of halogens is 1. The van der Waals surface area contributed by atoms with Crippen LogP contribution < -0.4 is 11.1 Å². The van der Waals surface area contributed by atoms with Crippen LogP contribution in [0.5, 0.6) is 0 Å². The molecule has 94 valence electrons. The van der Waals surface area contributed by atoms with Gasteiger partial charge in [0.05, 0.1) is 6.61 Å². The molecule has 1 aromatic carbocycles. The Labute approximate surface area is 110 Å². The molecule has 3 N–H and O–H groups in total. The highest BCUT2D eigenvalue weighted by molar-refractivity contribution is 9.10. The largest absolute Gasteiger partial charge is 0.398 e. The molecule has 0 saturated heterocycles. The van der Waals surface area contributed by atoms with Crippen LogP contribution in [0.1, 0.15) is 22.8 Å². The molecule has 0 bridgehead atoms. The van der Waals surface area contributed by atoms with Crippen molar-refractivity contribution in [3.8, 4) is 0 Å². The molecule has 4 nitrogen and oxygen atoms in total. The molecule has 0 radical (unpaired) electrons. The minimum absolute atomic E-state index is 0.129. The fraction of sp³-hybridized carbons (Fsp3) is 0.417. The highest BCUT2D eigenvalue weighted by Crippen LogP contribution is 2.22. The number of nitrogens with two attached hydrogens (primary N) is 1. The molecule has 0 aliphatic rings. The van der Waals surface area contributed by atoms with Crippen LogP contribution in [-0.2, 0) is 4.74 Å². The number of carbonyl (C=O) groups excluding carboxylic acids is 1. The molecule has 0 fully saturated rings. The number of carbonyl (C=O) groups is 1. The number of rotatable bonds is 5. The number of benzene rings is 1. The lowest BCUT2D eigenvalue weighted by Crippen LogP contribution is -2.28. The van der Waals surface area contributed by atoms with Crippen LogP contribution in [0.25, 0.3) is 0 Å². The molecule has 0 aliphatic heterocycles. The predicted octanol–water partition coefficient (Wildman–Crippen LogP) is 2.11. The highest BCUT2D eigenvalue weighted by Gasteiger charge is 2.11. The molecule has 0 unspecified atom stereocenters.